The molecule has 3 aliphatic heterocycles. The number of nitroso groups, excluding NO2 is 1. The molecule has 0 aliphatic carbocycles. The quantitative estimate of drug-likeness (QED) is 0.0289. The number of nitrogen functional groups attached to an aromatic ring is 1. The molecule has 5 aromatic rings. The van der Waals surface area contributed by atoms with Gasteiger partial charge in [-0.3, -0.25) is 34.2 Å². The summed E-state index contributed by atoms with van der Waals surface area (Å²) in [6.07, 6.45) is 5.14. The summed E-state index contributed by atoms with van der Waals surface area (Å²) in [6, 6.07) is 15.2. The molecule has 2 atom stereocenters. The number of aromatic amines is 1. The third-order valence-electron chi connectivity index (χ3n) is 11.4. The predicted octanol–water partition coefficient (Wildman–Crippen LogP) is 4.06. The van der Waals surface area contributed by atoms with Crippen molar-refractivity contribution in [3.8, 4) is 23.3 Å². The van der Waals surface area contributed by atoms with Crippen molar-refractivity contribution >= 4 is 67.7 Å². The number of benzene rings is 3. The molecule has 3 aliphatic rings. The first kappa shape index (κ1) is 46.0. The maximum Gasteiger partial charge on any atom is 0.268 e. The lowest BCUT2D eigenvalue weighted by Crippen LogP contribution is -2.54. The second-order valence-corrected chi connectivity index (χ2v) is 17.7. The molecule has 2 saturated heterocycles. The van der Waals surface area contributed by atoms with Gasteiger partial charge < -0.3 is 35.1 Å². The Bertz CT molecular complexity index is 2950. The second-order valence-electron chi connectivity index (χ2n) is 16.0. The van der Waals surface area contributed by atoms with Crippen LogP contribution < -0.4 is 25.8 Å². The Morgan fingerprint density at radius 1 is 0.985 bits per heavy atom. The summed E-state index contributed by atoms with van der Waals surface area (Å²) in [5.74, 6) is 2.96. The minimum absolute atomic E-state index is 0.0113. The van der Waals surface area contributed by atoms with E-state index in [0.29, 0.717) is 49.0 Å². The van der Waals surface area contributed by atoms with Crippen LogP contribution in [0.4, 0.5) is 17.1 Å². The number of imide groups is 2. The number of piperidine rings is 2. The Labute approximate surface area is 383 Å². The summed E-state index contributed by atoms with van der Waals surface area (Å²) < 4.78 is 46.1. The third kappa shape index (κ3) is 10.6. The van der Waals surface area contributed by atoms with Gasteiger partial charge in [-0.25, -0.2) is 18.1 Å². The first-order chi connectivity index (χ1) is 32.4. The van der Waals surface area contributed by atoms with Gasteiger partial charge in [-0.1, -0.05) is 17.9 Å². The summed E-state index contributed by atoms with van der Waals surface area (Å²) in [5, 5.41) is 9.24. The van der Waals surface area contributed by atoms with Crippen LogP contribution in [-0.2, 0) is 29.1 Å². The molecule has 346 valence electrons. The van der Waals surface area contributed by atoms with Crippen molar-refractivity contribution in [3.05, 3.63) is 106 Å². The Balaban J connectivity index is 0.762. The van der Waals surface area contributed by atoms with Crippen LogP contribution in [0.5, 0.6) is 11.5 Å². The number of pyridine rings is 1. The molecular weight excluding hydrogens is 887 g/mol. The fourth-order valence-electron chi connectivity index (χ4n) is 8.12. The lowest BCUT2D eigenvalue weighted by Gasteiger charge is -2.33. The van der Waals surface area contributed by atoms with E-state index in [1.165, 1.54) is 42.6 Å². The van der Waals surface area contributed by atoms with Crippen LogP contribution in [0.2, 0.25) is 0 Å². The topological polar surface area (TPSA) is 274 Å². The van der Waals surface area contributed by atoms with Gasteiger partial charge in [-0.15, -0.1) is 4.91 Å². The van der Waals surface area contributed by atoms with Gasteiger partial charge in [0.2, 0.25) is 11.8 Å². The van der Waals surface area contributed by atoms with Gasteiger partial charge >= 0.3 is 0 Å². The molecular formula is C46H45N9O11S. The molecule has 0 saturated carbocycles. The number of carbonyl (C=O) groups excluding carboxylic acids is 5. The summed E-state index contributed by atoms with van der Waals surface area (Å²) in [5.41, 5.74) is 7.60. The monoisotopic (exact) mass is 931 g/mol. The minimum atomic E-state index is -4.46. The fraction of sp³-hybridized carbons (Fsp3) is 0.304. The molecule has 0 radical (unpaired) electrons. The van der Waals surface area contributed by atoms with Crippen LogP contribution in [0.15, 0.2) is 89.2 Å². The Kier molecular flexibility index (Phi) is 14.0. The SMILES string of the molecule is Nc1ccc(C(=O)NS(=O)(=O)c2ccc(NCC3CCCN(CCOCCOCC#Cc4cccc5c4C(=O)N(C4CCC(=O)NC4=O)C5=O)C3)c(N=O)c2)c(Oc2cnc3[nH]ccc3c2)c1. The molecule has 67 heavy (non-hydrogen) atoms. The van der Waals surface area contributed by atoms with Crippen molar-refractivity contribution in [2.75, 3.05) is 63.7 Å². The van der Waals surface area contributed by atoms with Crippen molar-refractivity contribution in [2.45, 2.75) is 36.6 Å². The normalized spacial score (nSPS) is 17.4. The highest BCUT2D eigenvalue weighted by molar-refractivity contribution is 7.90. The van der Waals surface area contributed by atoms with Crippen LogP contribution in [0, 0.1) is 22.7 Å². The van der Waals surface area contributed by atoms with Crippen LogP contribution >= 0.6 is 0 Å². The maximum absolute atomic E-state index is 13.4. The molecule has 3 aromatic carbocycles. The van der Waals surface area contributed by atoms with Gasteiger partial charge in [0.05, 0.1) is 53.3 Å². The number of fused-ring (bicyclic) bond motifs is 2. The molecule has 2 unspecified atom stereocenters. The highest BCUT2D eigenvalue weighted by atomic mass is 32.2. The number of likely N-dealkylation sites (tertiary alicyclic amines) is 1. The number of anilines is 2. The number of H-pyrrole nitrogens is 1. The van der Waals surface area contributed by atoms with E-state index in [1.807, 2.05) is 4.72 Å². The lowest BCUT2D eigenvalue weighted by molar-refractivity contribution is -0.136. The van der Waals surface area contributed by atoms with Crippen molar-refractivity contribution in [1.29, 1.82) is 0 Å². The molecule has 2 aromatic heterocycles. The Hall–Kier alpha value is -7.51. The molecule has 5 amide bonds. The second kappa shape index (κ2) is 20.3. The Morgan fingerprint density at radius 2 is 1.84 bits per heavy atom. The van der Waals surface area contributed by atoms with E-state index in [1.54, 1.807) is 30.5 Å². The van der Waals surface area contributed by atoms with E-state index >= 15 is 0 Å². The average molecular weight is 932 g/mol. The number of carbonyl (C=O) groups is 5. The summed E-state index contributed by atoms with van der Waals surface area (Å²) in [4.78, 5) is 85.7. The van der Waals surface area contributed by atoms with Gasteiger partial charge in [-0.2, -0.15) is 0 Å². The number of rotatable bonds is 17. The smallest absolute Gasteiger partial charge is 0.268 e. The number of aromatic nitrogens is 2. The van der Waals surface area contributed by atoms with Gasteiger partial charge in [0.15, 0.2) is 0 Å². The molecule has 5 heterocycles. The predicted molar refractivity (Wildman–Crippen MR) is 243 cm³/mol. The molecule has 6 N–H and O–H groups in total. The summed E-state index contributed by atoms with van der Waals surface area (Å²) >= 11 is 0. The van der Waals surface area contributed by atoms with E-state index in [9.17, 15) is 37.3 Å². The fourth-order valence-corrected chi connectivity index (χ4v) is 9.10. The largest absolute Gasteiger partial charge is 0.455 e. The molecule has 2 fully saturated rings. The van der Waals surface area contributed by atoms with Crippen molar-refractivity contribution < 1.29 is 46.6 Å². The molecule has 0 bridgehead atoms. The zero-order valence-corrected chi connectivity index (χ0v) is 36.7. The number of sulfonamides is 1. The standard InChI is InChI=1S/C46H45N9O11S/c47-31-8-10-34(39(23-31)66-32-22-30-14-15-48-42(30)50-26-32)43(57)53-67(62,63)33-9-11-36(37(24-33)52-61)49-25-28-4-2-16-54(27-28)17-19-65-21-20-64-18-3-6-29-5-1-7-35-41(29)46(60)55(45(35)59)38-12-13-40(56)51-44(38)58/h1,5,7-11,14-15,22-24,26,28,38,49H,2,4,12-13,16-21,25,27,47H2,(H,48,50)(H,53,57)(H,51,56,58). The first-order valence-electron chi connectivity index (χ1n) is 21.4. The Morgan fingerprint density at radius 3 is 2.67 bits per heavy atom. The van der Waals surface area contributed by atoms with E-state index in [4.69, 9.17) is 19.9 Å². The number of amides is 5. The first-order valence-corrected chi connectivity index (χ1v) is 22.9. The number of hydrogen-bond acceptors (Lipinski definition) is 16. The number of nitrogens with zero attached hydrogens (tertiary/aromatic N) is 4. The van der Waals surface area contributed by atoms with E-state index < -0.39 is 45.6 Å². The van der Waals surface area contributed by atoms with Gasteiger partial charge in [0.25, 0.3) is 27.7 Å². The molecule has 8 rings (SSSR count). The zero-order valence-electron chi connectivity index (χ0n) is 35.9. The van der Waals surface area contributed by atoms with Crippen molar-refractivity contribution in [3.63, 3.8) is 0 Å². The maximum atomic E-state index is 13.4. The highest BCUT2D eigenvalue weighted by Gasteiger charge is 2.45. The number of nitrogens with two attached hydrogens (primary N) is 1. The minimum Gasteiger partial charge on any atom is -0.455 e. The lowest BCUT2D eigenvalue weighted by atomic mass is 9.98. The van der Waals surface area contributed by atoms with Gasteiger partial charge in [0, 0.05) is 55.0 Å². The third-order valence-corrected chi connectivity index (χ3v) is 12.8. The van der Waals surface area contributed by atoms with Crippen molar-refractivity contribution in [2.24, 2.45) is 11.1 Å². The van der Waals surface area contributed by atoms with Crippen molar-refractivity contribution in [1.82, 2.24) is 29.8 Å². The van der Waals surface area contributed by atoms with Gasteiger partial charge in [-0.05, 0) is 91.5 Å². The molecule has 0 spiro atoms. The number of nitrogens with one attached hydrogen (secondary N) is 4. The van der Waals surface area contributed by atoms with Crippen LogP contribution in [0.1, 0.15) is 62.3 Å². The number of hydrogen-bond donors (Lipinski definition) is 5. The highest BCUT2D eigenvalue weighted by Crippen LogP contribution is 2.33. The van der Waals surface area contributed by atoms with E-state index in [-0.39, 0.29) is 70.7 Å². The van der Waals surface area contributed by atoms with Crippen LogP contribution in [0.3, 0.4) is 0 Å². The van der Waals surface area contributed by atoms with E-state index in [2.05, 4.69) is 42.5 Å². The van der Waals surface area contributed by atoms with Gasteiger partial charge in [0.1, 0.15) is 35.5 Å². The average Bonchev–Trinajstić information content (AvgIpc) is 3.88. The zero-order chi connectivity index (χ0) is 47.1. The van der Waals surface area contributed by atoms with E-state index in [0.717, 1.165) is 42.3 Å². The molecule has 20 nitrogen and oxygen atoms in total. The summed E-state index contributed by atoms with van der Waals surface area (Å²) in [6.45, 7) is 3.95. The van der Waals surface area contributed by atoms with Crippen LogP contribution in [0.25, 0.3) is 11.0 Å². The van der Waals surface area contributed by atoms with Crippen LogP contribution in [-0.4, -0.2) is 116 Å². The summed E-state index contributed by atoms with van der Waals surface area (Å²) in [7, 11) is -4.46. The molecule has 21 heteroatoms. The number of ether oxygens (including phenoxy) is 3.